The van der Waals surface area contributed by atoms with Crippen LogP contribution in [0, 0.1) is 13.8 Å². The van der Waals surface area contributed by atoms with Crippen LogP contribution < -0.4 is 0 Å². The van der Waals surface area contributed by atoms with E-state index >= 15 is 0 Å². The standard InChI is InChI=1S/C35H38N2O5/c1-7-30(28-15-11-26(12-16-28)22-41-33(39)31-17-8-23(2)18-24(31)3)32(38)19-25-9-13-27(14-10-25)29-20-36-37(21-29)34(40)42-35(4,5)6/h8-18,20-21,30H,7,19,22H2,1-6H3. The third-order valence-electron chi connectivity index (χ3n) is 6.98. The molecular weight excluding hydrogens is 528 g/mol. The number of carbonyl (C=O) groups excluding carboxylic acids is 3. The Morgan fingerprint density at radius 1 is 0.881 bits per heavy atom. The molecule has 0 fully saturated rings. The zero-order valence-corrected chi connectivity index (χ0v) is 25.1. The van der Waals surface area contributed by atoms with E-state index in [9.17, 15) is 14.4 Å². The summed E-state index contributed by atoms with van der Waals surface area (Å²) in [5.41, 5.74) is 6.35. The first-order valence-electron chi connectivity index (χ1n) is 14.2. The van der Waals surface area contributed by atoms with Crippen molar-refractivity contribution in [1.29, 1.82) is 0 Å². The van der Waals surface area contributed by atoms with Gasteiger partial charge in [0, 0.05) is 24.1 Å². The number of esters is 1. The van der Waals surface area contributed by atoms with Gasteiger partial charge in [0.15, 0.2) is 0 Å². The predicted molar refractivity (Wildman–Crippen MR) is 163 cm³/mol. The van der Waals surface area contributed by atoms with Crippen molar-refractivity contribution in [1.82, 2.24) is 9.78 Å². The molecule has 0 aliphatic rings. The summed E-state index contributed by atoms with van der Waals surface area (Å²) in [6, 6.07) is 21.1. The molecule has 1 heterocycles. The van der Waals surface area contributed by atoms with Gasteiger partial charge in [0.05, 0.1) is 11.8 Å². The Kier molecular flexibility index (Phi) is 9.41. The Labute approximate surface area is 247 Å². The molecule has 0 aliphatic carbocycles. The SMILES string of the molecule is CCC(C(=O)Cc1ccc(-c2cnn(C(=O)OC(C)(C)C)c2)cc1)c1ccc(COC(=O)c2ccc(C)cc2C)cc1. The van der Waals surface area contributed by atoms with Crippen LogP contribution in [0.1, 0.15) is 78.2 Å². The number of hydrogen-bond acceptors (Lipinski definition) is 6. The minimum atomic E-state index is -0.605. The quantitative estimate of drug-likeness (QED) is 0.194. The second kappa shape index (κ2) is 13.0. The van der Waals surface area contributed by atoms with Crippen LogP contribution in [0.5, 0.6) is 0 Å². The lowest BCUT2D eigenvalue weighted by Gasteiger charge is -2.18. The minimum absolute atomic E-state index is 0.136. The van der Waals surface area contributed by atoms with Crippen molar-refractivity contribution in [2.45, 2.75) is 72.5 Å². The summed E-state index contributed by atoms with van der Waals surface area (Å²) >= 11 is 0. The molecule has 3 aromatic carbocycles. The van der Waals surface area contributed by atoms with Crippen LogP contribution >= 0.6 is 0 Å². The van der Waals surface area contributed by atoms with Gasteiger partial charge in [0.2, 0.25) is 0 Å². The number of Topliss-reactive ketones (excluding diaryl/α,β-unsaturated/α-hetero) is 1. The molecule has 0 spiro atoms. The lowest BCUT2D eigenvalue weighted by molar-refractivity contribution is -0.119. The van der Waals surface area contributed by atoms with E-state index in [4.69, 9.17) is 9.47 Å². The molecule has 218 valence electrons. The van der Waals surface area contributed by atoms with Gasteiger partial charge in [-0.3, -0.25) is 4.79 Å². The third-order valence-corrected chi connectivity index (χ3v) is 6.98. The van der Waals surface area contributed by atoms with E-state index in [1.165, 1.54) is 4.68 Å². The number of ketones is 1. The first-order chi connectivity index (χ1) is 19.9. The molecule has 0 radical (unpaired) electrons. The van der Waals surface area contributed by atoms with Crippen molar-refractivity contribution in [2.24, 2.45) is 0 Å². The van der Waals surface area contributed by atoms with Crippen LogP contribution in [0.3, 0.4) is 0 Å². The Bertz CT molecular complexity index is 1560. The van der Waals surface area contributed by atoms with Crippen molar-refractivity contribution >= 4 is 17.8 Å². The van der Waals surface area contributed by atoms with Gasteiger partial charge in [0.25, 0.3) is 0 Å². The molecule has 0 bridgehead atoms. The number of benzene rings is 3. The maximum atomic E-state index is 13.3. The minimum Gasteiger partial charge on any atom is -0.457 e. The summed E-state index contributed by atoms with van der Waals surface area (Å²) in [4.78, 5) is 38.1. The number of aryl methyl sites for hydroxylation is 2. The van der Waals surface area contributed by atoms with Gasteiger partial charge in [-0.2, -0.15) is 9.78 Å². The average molecular weight is 567 g/mol. The highest BCUT2D eigenvalue weighted by Crippen LogP contribution is 2.25. The van der Waals surface area contributed by atoms with Crippen LogP contribution in [0.4, 0.5) is 4.79 Å². The lowest BCUT2D eigenvalue weighted by atomic mass is 9.88. The molecule has 0 saturated heterocycles. The summed E-state index contributed by atoms with van der Waals surface area (Å²) in [7, 11) is 0. The zero-order chi connectivity index (χ0) is 30.4. The second-order valence-corrected chi connectivity index (χ2v) is 11.6. The van der Waals surface area contributed by atoms with E-state index in [2.05, 4.69) is 5.10 Å². The first-order valence-corrected chi connectivity index (χ1v) is 14.2. The van der Waals surface area contributed by atoms with E-state index in [0.717, 1.165) is 38.9 Å². The molecule has 0 N–H and O–H groups in total. The fourth-order valence-electron chi connectivity index (χ4n) is 4.78. The molecule has 0 aliphatic heterocycles. The van der Waals surface area contributed by atoms with Crippen LogP contribution in [-0.4, -0.2) is 33.2 Å². The molecule has 42 heavy (non-hydrogen) atoms. The Balaban J connectivity index is 1.34. The molecule has 1 atom stereocenters. The Morgan fingerprint density at radius 2 is 1.55 bits per heavy atom. The van der Waals surface area contributed by atoms with Gasteiger partial charge >= 0.3 is 12.1 Å². The summed E-state index contributed by atoms with van der Waals surface area (Å²) in [6.07, 6.45) is 3.71. The monoisotopic (exact) mass is 566 g/mol. The molecule has 1 unspecified atom stereocenters. The second-order valence-electron chi connectivity index (χ2n) is 11.6. The lowest BCUT2D eigenvalue weighted by Crippen LogP contribution is -2.27. The molecule has 7 heteroatoms. The maximum absolute atomic E-state index is 13.3. The molecule has 0 saturated carbocycles. The van der Waals surface area contributed by atoms with E-state index < -0.39 is 11.7 Å². The van der Waals surface area contributed by atoms with Gasteiger partial charge in [-0.15, -0.1) is 0 Å². The number of hydrogen-bond donors (Lipinski definition) is 0. The number of carbonyl (C=O) groups is 3. The van der Waals surface area contributed by atoms with Crippen LogP contribution in [0.25, 0.3) is 11.1 Å². The van der Waals surface area contributed by atoms with Crippen LogP contribution in [0.2, 0.25) is 0 Å². The normalized spacial score (nSPS) is 12.0. The highest BCUT2D eigenvalue weighted by Gasteiger charge is 2.21. The van der Waals surface area contributed by atoms with Gasteiger partial charge in [0.1, 0.15) is 18.0 Å². The number of nitrogens with zero attached hydrogens (tertiary/aromatic N) is 2. The van der Waals surface area contributed by atoms with Crippen molar-refractivity contribution in [3.63, 3.8) is 0 Å². The molecule has 7 nitrogen and oxygen atoms in total. The van der Waals surface area contributed by atoms with Gasteiger partial charge < -0.3 is 9.47 Å². The largest absolute Gasteiger partial charge is 0.457 e. The van der Waals surface area contributed by atoms with Crippen LogP contribution in [-0.2, 0) is 27.3 Å². The molecule has 0 amide bonds. The number of aromatic nitrogens is 2. The number of rotatable bonds is 9. The first kappa shape index (κ1) is 30.4. The van der Waals surface area contributed by atoms with Crippen molar-refractivity contribution in [2.75, 3.05) is 0 Å². The van der Waals surface area contributed by atoms with E-state index in [0.29, 0.717) is 18.4 Å². The molecule has 4 aromatic rings. The summed E-state index contributed by atoms with van der Waals surface area (Å²) < 4.78 is 12.1. The molecule has 1 aromatic heterocycles. The Hall–Kier alpha value is -4.52. The topological polar surface area (TPSA) is 87.5 Å². The number of ether oxygens (including phenoxy) is 2. The van der Waals surface area contributed by atoms with Gasteiger partial charge in [-0.25, -0.2) is 9.59 Å². The fraction of sp³-hybridized carbons (Fsp3) is 0.314. The smallest absolute Gasteiger partial charge is 0.435 e. The molecular formula is C35H38N2O5. The Morgan fingerprint density at radius 3 is 2.17 bits per heavy atom. The average Bonchev–Trinajstić information content (AvgIpc) is 3.43. The maximum Gasteiger partial charge on any atom is 0.435 e. The molecule has 4 rings (SSSR count). The zero-order valence-electron chi connectivity index (χ0n) is 25.1. The van der Waals surface area contributed by atoms with Crippen molar-refractivity contribution in [3.8, 4) is 11.1 Å². The fourth-order valence-corrected chi connectivity index (χ4v) is 4.78. The van der Waals surface area contributed by atoms with Crippen LogP contribution in [0.15, 0.2) is 79.1 Å². The van der Waals surface area contributed by atoms with E-state index in [1.807, 2.05) is 81.4 Å². The highest BCUT2D eigenvalue weighted by atomic mass is 16.6. The predicted octanol–water partition coefficient (Wildman–Crippen LogP) is 7.61. The van der Waals surface area contributed by atoms with E-state index in [1.54, 1.807) is 39.2 Å². The van der Waals surface area contributed by atoms with E-state index in [-0.39, 0.29) is 24.3 Å². The summed E-state index contributed by atoms with van der Waals surface area (Å²) in [5.74, 6) is -0.443. The van der Waals surface area contributed by atoms with Gasteiger partial charge in [-0.05, 0) is 74.9 Å². The third kappa shape index (κ3) is 7.81. The summed E-state index contributed by atoms with van der Waals surface area (Å²) in [5, 5.41) is 4.13. The van der Waals surface area contributed by atoms with Gasteiger partial charge in [-0.1, -0.05) is 73.2 Å². The highest BCUT2D eigenvalue weighted by molar-refractivity contribution is 5.91. The van der Waals surface area contributed by atoms with Crippen molar-refractivity contribution in [3.05, 3.63) is 113 Å². The van der Waals surface area contributed by atoms with Crippen molar-refractivity contribution < 1.29 is 23.9 Å². The summed E-state index contributed by atoms with van der Waals surface area (Å²) in [6.45, 7) is 11.5.